The minimum atomic E-state index is 1.03. The van der Waals surface area contributed by atoms with Crippen molar-refractivity contribution in [2.45, 2.75) is 0 Å². The van der Waals surface area contributed by atoms with Crippen LogP contribution in [0.5, 0.6) is 0 Å². The van der Waals surface area contributed by atoms with Gasteiger partial charge >= 0.3 is 0 Å². The fourth-order valence-electron chi connectivity index (χ4n) is 1.45. The zero-order valence-corrected chi connectivity index (χ0v) is 8.95. The van der Waals surface area contributed by atoms with Crippen molar-refractivity contribution in [3.05, 3.63) is 12.8 Å². The van der Waals surface area contributed by atoms with E-state index in [1.54, 1.807) is 6.20 Å². The normalized spacial score (nSPS) is 18.6. The van der Waals surface area contributed by atoms with Crippen LogP contribution in [0.4, 0.5) is 0 Å². The number of piperazine rings is 1. The van der Waals surface area contributed by atoms with Gasteiger partial charge in [0, 0.05) is 52.5 Å². The molecule has 80 valence electrons. The van der Waals surface area contributed by atoms with E-state index in [9.17, 15) is 0 Å². The van der Waals surface area contributed by atoms with Crippen molar-refractivity contribution in [1.29, 1.82) is 0 Å². The molecule has 0 atom stereocenters. The fourth-order valence-corrected chi connectivity index (χ4v) is 1.45. The maximum Gasteiger partial charge on any atom is 0.0902 e. The Kier molecular flexibility index (Phi) is 5.25. The SMILES string of the molecule is C=CN=CN(C)CCN1CCNCC1. The Morgan fingerprint density at radius 1 is 1.50 bits per heavy atom. The molecule has 1 aliphatic rings. The Morgan fingerprint density at radius 3 is 2.86 bits per heavy atom. The molecule has 0 aliphatic carbocycles. The van der Waals surface area contributed by atoms with Crippen LogP contribution >= 0.6 is 0 Å². The molecule has 0 aromatic rings. The van der Waals surface area contributed by atoms with Gasteiger partial charge in [0.25, 0.3) is 0 Å². The zero-order valence-electron chi connectivity index (χ0n) is 8.95. The average molecular weight is 196 g/mol. The zero-order chi connectivity index (χ0) is 10.2. The first-order valence-electron chi connectivity index (χ1n) is 5.10. The highest BCUT2D eigenvalue weighted by Crippen LogP contribution is 1.91. The molecule has 0 aromatic carbocycles. The monoisotopic (exact) mass is 196 g/mol. The Labute approximate surface area is 86.3 Å². The molecule has 14 heavy (non-hydrogen) atoms. The first-order chi connectivity index (χ1) is 6.83. The molecule has 0 radical (unpaired) electrons. The second kappa shape index (κ2) is 6.56. The lowest BCUT2D eigenvalue weighted by molar-refractivity contribution is 0.228. The van der Waals surface area contributed by atoms with Crippen LogP contribution in [-0.2, 0) is 0 Å². The van der Waals surface area contributed by atoms with Gasteiger partial charge in [-0.1, -0.05) is 6.58 Å². The minimum absolute atomic E-state index is 1.03. The van der Waals surface area contributed by atoms with E-state index in [0.717, 1.165) is 39.3 Å². The number of hydrogen-bond acceptors (Lipinski definition) is 3. The van der Waals surface area contributed by atoms with Gasteiger partial charge in [0.2, 0.25) is 0 Å². The van der Waals surface area contributed by atoms with Gasteiger partial charge in [0.05, 0.1) is 6.34 Å². The summed E-state index contributed by atoms with van der Waals surface area (Å²) in [5.41, 5.74) is 0. The predicted octanol–water partition coefficient (Wildman–Crippen LogP) is -0.00480. The number of hydrogen-bond donors (Lipinski definition) is 1. The summed E-state index contributed by atoms with van der Waals surface area (Å²) in [4.78, 5) is 8.52. The molecule has 1 fully saturated rings. The molecule has 0 amide bonds. The number of nitrogens with zero attached hydrogens (tertiary/aromatic N) is 3. The van der Waals surface area contributed by atoms with E-state index >= 15 is 0 Å². The highest BCUT2D eigenvalue weighted by atomic mass is 15.2. The number of likely N-dealkylation sites (N-methyl/N-ethyl adjacent to an activating group) is 1. The summed E-state index contributed by atoms with van der Waals surface area (Å²) in [5, 5.41) is 3.34. The van der Waals surface area contributed by atoms with Crippen molar-refractivity contribution in [2.75, 3.05) is 46.3 Å². The summed E-state index contributed by atoms with van der Waals surface area (Å²) in [6.45, 7) is 10.2. The summed E-state index contributed by atoms with van der Waals surface area (Å²) >= 11 is 0. The molecule has 1 heterocycles. The quantitative estimate of drug-likeness (QED) is 0.496. The van der Waals surface area contributed by atoms with Crippen LogP contribution in [-0.4, -0.2) is 62.5 Å². The van der Waals surface area contributed by atoms with Crippen molar-refractivity contribution >= 4 is 6.34 Å². The molecule has 1 saturated heterocycles. The lowest BCUT2D eigenvalue weighted by Gasteiger charge is -2.28. The van der Waals surface area contributed by atoms with Gasteiger partial charge in [-0.3, -0.25) is 4.90 Å². The Hall–Kier alpha value is -0.870. The van der Waals surface area contributed by atoms with Crippen LogP contribution < -0.4 is 5.32 Å². The highest BCUT2D eigenvalue weighted by molar-refractivity contribution is 5.55. The lowest BCUT2D eigenvalue weighted by Crippen LogP contribution is -2.45. The van der Waals surface area contributed by atoms with Gasteiger partial charge in [-0.2, -0.15) is 0 Å². The van der Waals surface area contributed by atoms with Crippen LogP contribution in [0.15, 0.2) is 17.8 Å². The summed E-state index contributed by atoms with van der Waals surface area (Å²) in [7, 11) is 2.04. The van der Waals surface area contributed by atoms with Crippen molar-refractivity contribution in [3.63, 3.8) is 0 Å². The van der Waals surface area contributed by atoms with Gasteiger partial charge in [0.1, 0.15) is 0 Å². The molecule has 0 saturated carbocycles. The number of aliphatic imine (C=N–C) groups is 1. The third-order valence-corrected chi connectivity index (χ3v) is 2.35. The first kappa shape index (κ1) is 11.2. The molecule has 0 unspecified atom stereocenters. The lowest BCUT2D eigenvalue weighted by atomic mass is 10.3. The van der Waals surface area contributed by atoms with Crippen molar-refractivity contribution in [2.24, 2.45) is 4.99 Å². The van der Waals surface area contributed by atoms with Crippen LogP contribution in [0.3, 0.4) is 0 Å². The highest BCUT2D eigenvalue weighted by Gasteiger charge is 2.08. The van der Waals surface area contributed by atoms with Crippen LogP contribution in [0.25, 0.3) is 0 Å². The average Bonchev–Trinajstić information content (AvgIpc) is 2.25. The topological polar surface area (TPSA) is 30.9 Å². The maximum absolute atomic E-state index is 3.97. The molecular weight excluding hydrogens is 176 g/mol. The van der Waals surface area contributed by atoms with E-state index in [4.69, 9.17) is 0 Å². The van der Waals surface area contributed by atoms with Crippen LogP contribution in [0.1, 0.15) is 0 Å². The standard InChI is InChI=1S/C10H20N4/c1-3-11-10-13(2)8-9-14-6-4-12-5-7-14/h3,10,12H,1,4-9H2,2H3. The van der Waals surface area contributed by atoms with Gasteiger partial charge in [-0.15, -0.1) is 0 Å². The Bertz CT molecular complexity index is 185. The first-order valence-corrected chi connectivity index (χ1v) is 5.10. The second-order valence-corrected chi connectivity index (χ2v) is 3.52. The maximum atomic E-state index is 3.97. The third-order valence-electron chi connectivity index (χ3n) is 2.35. The summed E-state index contributed by atoms with van der Waals surface area (Å²) in [5.74, 6) is 0. The Balaban J connectivity index is 2.11. The molecule has 0 bridgehead atoms. The van der Waals surface area contributed by atoms with E-state index in [1.165, 1.54) is 0 Å². The van der Waals surface area contributed by atoms with Crippen molar-refractivity contribution in [3.8, 4) is 0 Å². The van der Waals surface area contributed by atoms with Crippen LogP contribution in [0, 0.1) is 0 Å². The predicted molar refractivity (Wildman–Crippen MR) is 60.6 cm³/mol. The van der Waals surface area contributed by atoms with Gasteiger partial charge in [-0.25, -0.2) is 4.99 Å². The molecule has 0 aromatic heterocycles. The molecule has 1 rings (SSSR count). The molecule has 4 nitrogen and oxygen atoms in total. The largest absolute Gasteiger partial charge is 0.364 e. The van der Waals surface area contributed by atoms with E-state index in [2.05, 4.69) is 26.7 Å². The van der Waals surface area contributed by atoms with Crippen LogP contribution in [0.2, 0.25) is 0 Å². The van der Waals surface area contributed by atoms with E-state index < -0.39 is 0 Å². The second-order valence-electron chi connectivity index (χ2n) is 3.52. The van der Waals surface area contributed by atoms with Gasteiger partial charge in [0.15, 0.2) is 0 Å². The smallest absolute Gasteiger partial charge is 0.0902 e. The van der Waals surface area contributed by atoms with E-state index in [0.29, 0.717) is 0 Å². The molecule has 0 spiro atoms. The van der Waals surface area contributed by atoms with Gasteiger partial charge < -0.3 is 10.2 Å². The minimum Gasteiger partial charge on any atom is -0.364 e. The number of rotatable bonds is 5. The molecule has 4 heteroatoms. The number of nitrogens with one attached hydrogen (secondary N) is 1. The summed E-state index contributed by atoms with van der Waals surface area (Å²) in [6.07, 6.45) is 3.37. The van der Waals surface area contributed by atoms with Crippen molar-refractivity contribution in [1.82, 2.24) is 15.1 Å². The Morgan fingerprint density at radius 2 is 2.21 bits per heavy atom. The van der Waals surface area contributed by atoms with Crippen molar-refractivity contribution < 1.29 is 0 Å². The molecule has 1 aliphatic heterocycles. The third kappa shape index (κ3) is 4.39. The summed E-state index contributed by atoms with van der Waals surface area (Å²) < 4.78 is 0. The fraction of sp³-hybridized carbons (Fsp3) is 0.700. The molecule has 1 N–H and O–H groups in total. The molecular formula is C10H20N4. The van der Waals surface area contributed by atoms with Gasteiger partial charge in [-0.05, 0) is 0 Å². The van der Waals surface area contributed by atoms with E-state index in [1.807, 2.05) is 13.4 Å². The summed E-state index contributed by atoms with van der Waals surface area (Å²) in [6, 6.07) is 0. The van der Waals surface area contributed by atoms with E-state index in [-0.39, 0.29) is 0 Å².